The fraction of sp³-hybridized carbons (Fsp3) is 0.526. The Labute approximate surface area is 149 Å². The zero-order valence-corrected chi connectivity index (χ0v) is 15.3. The number of methoxy groups -OCH3 is 2. The van der Waals surface area contributed by atoms with Gasteiger partial charge in [-0.3, -0.25) is 9.58 Å². The SMILES string of the molecule is COc1ccc(CN(Cc2cnn(C)c2)C[C@@H]2CCCO2)cc1OC. The third-order valence-electron chi connectivity index (χ3n) is 4.50. The Kier molecular flexibility index (Phi) is 5.94. The second kappa shape index (κ2) is 8.36. The minimum Gasteiger partial charge on any atom is -0.493 e. The molecule has 1 fully saturated rings. The minimum atomic E-state index is 0.316. The van der Waals surface area contributed by atoms with Gasteiger partial charge in [0.15, 0.2) is 11.5 Å². The van der Waals surface area contributed by atoms with Crippen molar-refractivity contribution in [3.05, 3.63) is 41.7 Å². The van der Waals surface area contributed by atoms with E-state index in [-0.39, 0.29) is 0 Å². The molecule has 1 atom stereocenters. The van der Waals surface area contributed by atoms with E-state index in [2.05, 4.69) is 22.3 Å². The van der Waals surface area contributed by atoms with Gasteiger partial charge < -0.3 is 14.2 Å². The lowest BCUT2D eigenvalue weighted by atomic mass is 10.1. The normalized spacial score (nSPS) is 17.2. The molecule has 0 bridgehead atoms. The van der Waals surface area contributed by atoms with Crippen molar-refractivity contribution < 1.29 is 14.2 Å². The van der Waals surface area contributed by atoms with E-state index in [1.165, 1.54) is 11.1 Å². The highest BCUT2D eigenvalue weighted by atomic mass is 16.5. The molecular formula is C19H27N3O3. The van der Waals surface area contributed by atoms with Gasteiger partial charge >= 0.3 is 0 Å². The Morgan fingerprint density at radius 1 is 1.20 bits per heavy atom. The van der Waals surface area contributed by atoms with E-state index in [4.69, 9.17) is 14.2 Å². The number of aryl methyl sites for hydroxylation is 1. The summed E-state index contributed by atoms with van der Waals surface area (Å²) < 4.78 is 18.4. The summed E-state index contributed by atoms with van der Waals surface area (Å²) in [7, 11) is 5.27. The zero-order valence-electron chi connectivity index (χ0n) is 15.3. The van der Waals surface area contributed by atoms with Gasteiger partial charge in [0.05, 0.1) is 26.5 Å². The average molecular weight is 345 g/mol. The molecule has 2 heterocycles. The molecule has 136 valence electrons. The van der Waals surface area contributed by atoms with Gasteiger partial charge in [-0.05, 0) is 30.5 Å². The molecule has 1 aromatic carbocycles. The number of hydrogen-bond acceptors (Lipinski definition) is 5. The highest BCUT2D eigenvalue weighted by molar-refractivity contribution is 5.42. The van der Waals surface area contributed by atoms with Crippen LogP contribution >= 0.6 is 0 Å². The molecular weight excluding hydrogens is 318 g/mol. The highest BCUT2D eigenvalue weighted by Gasteiger charge is 2.20. The van der Waals surface area contributed by atoms with Crippen LogP contribution in [0.25, 0.3) is 0 Å². The summed E-state index contributed by atoms with van der Waals surface area (Å²) in [5.41, 5.74) is 2.40. The van der Waals surface area contributed by atoms with Crippen molar-refractivity contribution in [2.24, 2.45) is 7.05 Å². The van der Waals surface area contributed by atoms with E-state index in [1.807, 2.05) is 30.1 Å². The van der Waals surface area contributed by atoms with E-state index in [1.54, 1.807) is 14.2 Å². The summed E-state index contributed by atoms with van der Waals surface area (Å²) in [6, 6.07) is 6.10. The van der Waals surface area contributed by atoms with Crippen molar-refractivity contribution in [3.8, 4) is 11.5 Å². The number of hydrogen-bond donors (Lipinski definition) is 0. The lowest BCUT2D eigenvalue weighted by Gasteiger charge is -2.25. The number of rotatable bonds is 8. The van der Waals surface area contributed by atoms with E-state index < -0.39 is 0 Å². The van der Waals surface area contributed by atoms with E-state index >= 15 is 0 Å². The summed E-state index contributed by atoms with van der Waals surface area (Å²) >= 11 is 0. The van der Waals surface area contributed by atoms with Crippen LogP contribution in [-0.2, 0) is 24.9 Å². The molecule has 0 radical (unpaired) electrons. The van der Waals surface area contributed by atoms with Gasteiger partial charge in [0, 0.05) is 45.0 Å². The Hall–Kier alpha value is -2.05. The molecule has 6 nitrogen and oxygen atoms in total. The fourth-order valence-corrected chi connectivity index (χ4v) is 3.31. The average Bonchev–Trinajstić information content (AvgIpc) is 3.26. The smallest absolute Gasteiger partial charge is 0.161 e. The summed E-state index contributed by atoms with van der Waals surface area (Å²) in [5, 5.41) is 4.28. The predicted octanol–water partition coefficient (Wildman–Crippen LogP) is 2.62. The molecule has 25 heavy (non-hydrogen) atoms. The third-order valence-corrected chi connectivity index (χ3v) is 4.50. The van der Waals surface area contributed by atoms with Gasteiger partial charge in [0.25, 0.3) is 0 Å². The second-order valence-electron chi connectivity index (χ2n) is 6.52. The molecule has 1 aliphatic rings. The Balaban J connectivity index is 1.73. The summed E-state index contributed by atoms with van der Waals surface area (Å²) in [4.78, 5) is 2.41. The lowest BCUT2D eigenvalue weighted by molar-refractivity contribution is 0.0679. The number of ether oxygens (including phenoxy) is 3. The largest absolute Gasteiger partial charge is 0.493 e. The first-order chi connectivity index (χ1) is 12.2. The van der Waals surface area contributed by atoms with Crippen LogP contribution in [0.3, 0.4) is 0 Å². The zero-order chi connectivity index (χ0) is 17.6. The minimum absolute atomic E-state index is 0.316. The van der Waals surface area contributed by atoms with Gasteiger partial charge in [0.1, 0.15) is 0 Å². The van der Waals surface area contributed by atoms with Crippen molar-refractivity contribution >= 4 is 0 Å². The molecule has 0 spiro atoms. The van der Waals surface area contributed by atoms with Crippen LogP contribution in [-0.4, -0.2) is 48.2 Å². The summed E-state index contributed by atoms with van der Waals surface area (Å²) in [5.74, 6) is 1.52. The quantitative estimate of drug-likeness (QED) is 0.736. The fourth-order valence-electron chi connectivity index (χ4n) is 3.31. The Bertz CT molecular complexity index is 680. The van der Waals surface area contributed by atoms with Gasteiger partial charge in [-0.2, -0.15) is 5.10 Å². The van der Waals surface area contributed by atoms with Gasteiger partial charge in [-0.25, -0.2) is 0 Å². The van der Waals surface area contributed by atoms with Gasteiger partial charge in [-0.1, -0.05) is 6.07 Å². The number of nitrogens with zero attached hydrogens (tertiary/aromatic N) is 3. The van der Waals surface area contributed by atoms with E-state index in [9.17, 15) is 0 Å². The van der Waals surface area contributed by atoms with Crippen LogP contribution in [0.1, 0.15) is 24.0 Å². The van der Waals surface area contributed by atoms with E-state index in [0.717, 1.165) is 50.6 Å². The van der Waals surface area contributed by atoms with Crippen molar-refractivity contribution in [1.29, 1.82) is 0 Å². The van der Waals surface area contributed by atoms with Gasteiger partial charge in [-0.15, -0.1) is 0 Å². The molecule has 6 heteroatoms. The molecule has 1 saturated heterocycles. The maximum Gasteiger partial charge on any atom is 0.161 e. The maximum absolute atomic E-state index is 5.84. The molecule has 0 N–H and O–H groups in total. The molecule has 0 aliphatic carbocycles. The van der Waals surface area contributed by atoms with Crippen molar-refractivity contribution in [3.63, 3.8) is 0 Å². The maximum atomic E-state index is 5.84. The van der Waals surface area contributed by atoms with E-state index in [0.29, 0.717) is 6.10 Å². The monoisotopic (exact) mass is 345 g/mol. The number of benzene rings is 1. The third kappa shape index (κ3) is 4.74. The number of aromatic nitrogens is 2. The molecule has 1 aliphatic heterocycles. The van der Waals surface area contributed by atoms with Crippen molar-refractivity contribution in [2.75, 3.05) is 27.4 Å². The summed E-state index contributed by atoms with van der Waals surface area (Å²) in [6.45, 7) is 3.47. The first-order valence-electron chi connectivity index (χ1n) is 8.70. The van der Waals surface area contributed by atoms with Crippen LogP contribution in [0.15, 0.2) is 30.6 Å². The molecule has 2 aromatic rings. The molecule has 0 saturated carbocycles. The van der Waals surface area contributed by atoms with Crippen LogP contribution in [0.5, 0.6) is 11.5 Å². The first kappa shape index (κ1) is 17.8. The van der Waals surface area contributed by atoms with Crippen molar-refractivity contribution in [1.82, 2.24) is 14.7 Å². The lowest BCUT2D eigenvalue weighted by Crippen LogP contribution is -2.31. The Morgan fingerprint density at radius 3 is 2.64 bits per heavy atom. The van der Waals surface area contributed by atoms with Crippen LogP contribution in [0.4, 0.5) is 0 Å². The Morgan fingerprint density at radius 2 is 2.00 bits per heavy atom. The summed E-state index contributed by atoms with van der Waals surface area (Å²) in [6.07, 6.45) is 6.60. The predicted molar refractivity (Wildman–Crippen MR) is 95.8 cm³/mol. The van der Waals surface area contributed by atoms with Crippen molar-refractivity contribution in [2.45, 2.75) is 32.0 Å². The highest BCUT2D eigenvalue weighted by Crippen LogP contribution is 2.28. The topological polar surface area (TPSA) is 48.8 Å². The van der Waals surface area contributed by atoms with Crippen LogP contribution in [0.2, 0.25) is 0 Å². The standard InChI is InChI=1S/C19H27N3O3/c1-21-11-16(10-20-21)13-22(14-17-5-4-8-25-17)12-15-6-7-18(23-2)19(9-15)24-3/h6-7,9-11,17H,4-5,8,12-14H2,1-3H3/t17-/m0/s1. The molecule has 0 amide bonds. The molecule has 0 unspecified atom stereocenters. The second-order valence-corrected chi connectivity index (χ2v) is 6.52. The molecule has 3 rings (SSSR count). The van der Waals surface area contributed by atoms with Crippen LogP contribution in [0, 0.1) is 0 Å². The molecule has 1 aromatic heterocycles. The van der Waals surface area contributed by atoms with Crippen LogP contribution < -0.4 is 9.47 Å². The first-order valence-corrected chi connectivity index (χ1v) is 8.70. The van der Waals surface area contributed by atoms with Gasteiger partial charge in [0.2, 0.25) is 0 Å².